The van der Waals surface area contributed by atoms with Crippen LogP contribution in [-0.4, -0.2) is 30.3 Å². The zero-order valence-electron chi connectivity index (χ0n) is 10.5. The average Bonchev–Trinajstić information content (AvgIpc) is 3.08. The van der Waals surface area contributed by atoms with E-state index in [-0.39, 0.29) is 12.4 Å². The summed E-state index contributed by atoms with van der Waals surface area (Å²) >= 11 is 0. The van der Waals surface area contributed by atoms with Crippen LogP contribution < -0.4 is 10.1 Å². The molecule has 2 aromatic rings. The van der Waals surface area contributed by atoms with Gasteiger partial charge in [-0.15, -0.1) is 0 Å². The number of aromatic nitrogens is 2. The zero-order valence-corrected chi connectivity index (χ0v) is 10.5. The maximum absolute atomic E-state index is 14.5. The van der Waals surface area contributed by atoms with Crippen molar-refractivity contribution in [2.75, 3.05) is 20.2 Å². The molecule has 1 N–H and O–H groups in total. The molecule has 1 aliphatic heterocycles. The number of rotatable bonds is 3. The largest absolute Gasteiger partial charge is 0.496 e. The molecule has 1 unspecified atom stereocenters. The van der Waals surface area contributed by atoms with Crippen LogP contribution in [0.25, 0.3) is 11.4 Å². The molecule has 1 saturated heterocycles. The molecule has 0 aliphatic carbocycles. The fraction of sp³-hybridized carbons (Fsp3) is 0.385. The highest BCUT2D eigenvalue weighted by atomic mass is 19.1. The third kappa shape index (κ3) is 2.08. The van der Waals surface area contributed by atoms with E-state index < -0.39 is 5.67 Å². The lowest BCUT2D eigenvalue weighted by Crippen LogP contribution is -2.23. The topological polar surface area (TPSA) is 60.2 Å². The number of hydrogen-bond donors (Lipinski definition) is 1. The van der Waals surface area contributed by atoms with Gasteiger partial charge in [0, 0.05) is 13.0 Å². The summed E-state index contributed by atoms with van der Waals surface area (Å²) in [5.74, 6) is 1.00. The molecule has 5 nitrogen and oxygen atoms in total. The Balaban J connectivity index is 1.97. The fourth-order valence-electron chi connectivity index (χ4n) is 2.19. The van der Waals surface area contributed by atoms with Gasteiger partial charge in [0.05, 0.1) is 12.7 Å². The zero-order chi connectivity index (χ0) is 13.3. The molecular weight excluding hydrogens is 249 g/mol. The van der Waals surface area contributed by atoms with Gasteiger partial charge in [0.25, 0.3) is 5.89 Å². The standard InChI is InChI=1S/C13H14FN3O2/c1-18-10-5-3-2-4-9(10)11-16-12(19-17-11)13(14)6-7-15-8-13/h2-5,15H,6-8H2,1H3. The first kappa shape index (κ1) is 12.1. The summed E-state index contributed by atoms with van der Waals surface area (Å²) in [6.07, 6.45) is 0.348. The second-order valence-electron chi connectivity index (χ2n) is 4.52. The van der Waals surface area contributed by atoms with Crippen LogP contribution in [0.3, 0.4) is 0 Å². The van der Waals surface area contributed by atoms with E-state index in [2.05, 4.69) is 15.5 Å². The number of benzene rings is 1. The van der Waals surface area contributed by atoms with E-state index >= 15 is 0 Å². The molecule has 1 aromatic heterocycles. The molecular formula is C13H14FN3O2. The lowest BCUT2D eigenvalue weighted by atomic mass is 10.1. The molecule has 1 fully saturated rings. The molecule has 1 atom stereocenters. The van der Waals surface area contributed by atoms with E-state index in [1.165, 1.54) is 0 Å². The first-order valence-corrected chi connectivity index (χ1v) is 6.10. The smallest absolute Gasteiger partial charge is 0.266 e. The van der Waals surface area contributed by atoms with Gasteiger partial charge in [0.1, 0.15) is 5.75 Å². The lowest BCUT2D eigenvalue weighted by molar-refractivity contribution is 0.134. The Kier molecular flexibility index (Phi) is 2.94. The van der Waals surface area contributed by atoms with Crippen molar-refractivity contribution in [3.63, 3.8) is 0 Å². The minimum absolute atomic E-state index is 0.0263. The Morgan fingerprint density at radius 3 is 3.00 bits per heavy atom. The lowest BCUT2D eigenvalue weighted by Gasteiger charge is -2.11. The van der Waals surface area contributed by atoms with Gasteiger partial charge in [-0.05, 0) is 18.7 Å². The molecule has 1 aliphatic rings. The predicted octanol–water partition coefficient (Wildman–Crippen LogP) is 1.90. The summed E-state index contributed by atoms with van der Waals surface area (Å²) in [5.41, 5.74) is -0.873. The van der Waals surface area contributed by atoms with Crippen molar-refractivity contribution in [3.8, 4) is 17.1 Å². The minimum Gasteiger partial charge on any atom is -0.496 e. The number of nitrogens with one attached hydrogen (secondary N) is 1. The first-order chi connectivity index (χ1) is 9.23. The highest BCUT2D eigenvalue weighted by Gasteiger charge is 2.41. The predicted molar refractivity (Wildman–Crippen MR) is 66.6 cm³/mol. The van der Waals surface area contributed by atoms with Gasteiger partial charge >= 0.3 is 0 Å². The molecule has 0 amide bonds. The van der Waals surface area contributed by atoms with Crippen LogP contribution in [0.2, 0.25) is 0 Å². The van der Waals surface area contributed by atoms with E-state index in [0.29, 0.717) is 30.1 Å². The van der Waals surface area contributed by atoms with Crippen LogP contribution in [0.4, 0.5) is 4.39 Å². The van der Waals surface area contributed by atoms with Gasteiger partial charge in [0.2, 0.25) is 11.5 Å². The van der Waals surface area contributed by atoms with Crippen molar-refractivity contribution in [3.05, 3.63) is 30.2 Å². The number of alkyl halides is 1. The fourth-order valence-corrected chi connectivity index (χ4v) is 2.19. The SMILES string of the molecule is COc1ccccc1-c1noc(C2(F)CCNC2)n1. The van der Waals surface area contributed by atoms with Crippen molar-refractivity contribution in [2.24, 2.45) is 0 Å². The van der Waals surface area contributed by atoms with Crippen LogP contribution >= 0.6 is 0 Å². The molecule has 0 radical (unpaired) electrons. The molecule has 1 aromatic carbocycles. The maximum Gasteiger partial charge on any atom is 0.266 e. The van der Waals surface area contributed by atoms with Gasteiger partial charge in [-0.3, -0.25) is 0 Å². The Morgan fingerprint density at radius 2 is 2.26 bits per heavy atom. The number of nitrogens with zero attached hydrogens (tertiary/aromatic N) is 2. The van der Waals surface area contributed by atoms with Gasteiger partial charge < -0.3 is 14.6 Å². The highest BCUT2D eigenvalue weighted by Crippen LogP contribution is 2.34. The number of halogens is 1. The van der Waals surface area contributed by atoms with Gasteiger partial charge in [-0.25, -0.2) is 4.39 Å². The van der Waals surface area contributed by atoms with Crippen LogP contribution in [0, 0.1) is 0 Å². The number of methoxy groups -OCH3 is 1. The molecule has 0 bridgehead atoms. The third-order valence-corrected chi connectivity index (χ3v) is 3.26. The summed E-state index contributed by atoms with van der Waals surface area (Å²) < 4.78 is 24.8. The van der Waals surface area contributed by atoms with Crippen molar-refractivity contribution in [1.29, 1.82) is 0 Å². The number of hydrogen-bond acceptors (Lipinski definition) is 5. The molecule has 0 saturated carbocycles. The average molecular weight is 263 g/mol. The second-order valence-corrected chi connectivity index (χ2v) is 4.52. The Bertz CT molecular complexity index is 579. The normalized spacial score (nSPS) is 22.6. The van der Waals surface area contributed by atoms with Crippen LogP contribution in [0.5, 0.6) is 5.75 Å². The molecule has 19 heavy (non-hydrogen) atoms. The minimum atomic E-state index is -1.56. The summed E-state index contributed by atoms with van der Waals surface area (Å²) in [4.78, 5) is 4.17. The van der Waals surface area contributed by atoms with E-state index in [1.807, 2.05) is 18.2 Å². The van der Waals surface area contributed by atoms with Crippen molar-refractivity contribution >= 4 is 0 Å². The Labute approximate surface area is 109 Å². The van der Waals surface area contributed by atoms with Crippen LogP contribution in [0.15, 0.2) is 28.8 Å². The highest BCUT2D eigenvalue weighted by molar-refractivity contribution is 5.63. The summed E-state index contributed by atoms with van der Waals surface area (Å²) in [6.45, 7) is 0.823. The monoisotopic (exact) mass is 263 g/mol. The number of ether oxygens (including phenoxy) is 1. The van der Waals surface area contributed by atoms with E-state index in [9.17, 15) is 4.39 Å². The van der Waals surface area contributed by atoms with Crippen LogP contribution in [0.1, 0.15) is 12.3 Å². The molecule has 100 valence electrons. The Hall–Kier alpha value is -1.95. The van der Waals surface area contributed by atoms with Gasteiger partial charge in [0.15, 0.2) is 0 Å². The maximum atomic E-state index is 14.5. The molecule has 2 heterocycles. The van der Waals surface area contributed by atoms with Crippen LogP contribution in [-0.2, 0) is 5.67 Å². The van der Waals surface area contributed by atoms with E-state index in [1.54, 1.807) is 13.2 Å². The third-order valence-electron chi connectivity index (χ3n) is 3.26. The Morgan fingerprint density at radius 1 is 1.42 bits per heavy atom. The van der Waals surface area contributed by atoms with Crippen molar-refractivity contribution in [1.82, 2.24) is 15.5 Å². The van der Waals surface area contributed by atoms with E-state index in [0.717, 1.165) is 0 Å². The second kappa shape index (κ2) is 4.62. The summed E-state index contributed by atoms with van der Waals surface area (Å²) in [5, 5.41) is 6.81. The van der Waals surface area contributed by atoms with Gasteiger partial charge in [-0.1, -0.05) is 17.3 Å². The van der Waals surface area contributed by atoms with Crippen molar-refractivity contribution in [2.45, 2.75) is 12.1 Å². The first-order valence-electron chi connectivity index (χ1n) is 6.10. The molecule has 6 heteroatoms. The quantitative estimate of drug-likeness (QED) is 0.916. The summed E-state index contributed by atoms with van der Waals surface area (Å²) in [6, 6.07) is 7.30. The van der Waals surface area contributed by atoms with E-state index in [4.69, 9.17) is 9.26 Å². The van der Waals surface area contributed by atoms with Gasteiger partial charge in [-0.2, -0.15) is 4.98 Å². The molecule has 0 spiro atoms. The number of para-hydroxylation sites is 1. The molecule has 3 rings (SSSR count). The van der Waals surface area contributed by atoms with Crippen molar-refractivity contribution < 1.29 is 13.7 Å². The summed E-state index contributed by atoms with van der Waals surface area (Å²) in [7, 11) is 1.57.